The van der Waals surface area contributed by atoms with Gasteiger partial charge in [0, 0.05) is 20.0 Å². The Balaban J connectivity index is 1.95. The molecule has 1 fully saturated rings. The molecule has 1 aliphatic carbocycles. The third-order valence-electron chi connectivity index (χ3n) is 3.27. The summed E-state index contributed by atoms with van der Waals surface area (Å²) in [5.74, 6) is 0.145. The van der Waals surface area contributed by atoms with Crippen LogP contribution < -0.4 is 10.6 Å². The van der Waals surface area contributed by atoms with E-state index >= 15 is 0 Å². The lowest BCUT2D eigenvalue weighted by Crippen LogP contribution is -2.26. The van der Waals surface area contributed by atoms with Crippen LogP contribution in [0.15, 0.2) is 0 Å². The summed E-state index contributed by atoms with van der Waals surface area (Å²) in [5.41, 5.74) is 0.627. The zero-order chi connectivity index (χ0) is 11.1. The van der Waals surface area contributed by atoms with E-state index in [1.807, 2.05) is 0 Å². The van der Waals surface area contributed by atoms with E-state index < -0.39 is 0 Å². The molecular formula is C12H24N2O. The molecule has 3 heteroatoms. The molecule has 1 saturated carbocycles. The molecule has 88 valence electrons. The van der Waals surface area contributed by atoms with Gasteiger partial charge in [-0.05, 0) is 37.6 Å². The van der Waals surface area contributed by atoms with Gasteiger partial charge in [0.15, 0.2) is 0 Å². The van der Waals surface area contributed by atoms with E-state index in [0.29, 0.717) is 11.8 Å². The topological polar surface area (TPSA) is 41.1 Å². The highest BCUT2D eigenvalue weighted by atomic mass is 16.1. The number of rotatable bonds is 8. The number of hydrogen-bond acceptors (Lipinski definition) is 2. The van der Waals surface area contributed by atoms with Gasteiger partial charge in [0.25, 0.3) is 0 Å². The van der Waals surface area contributed by atoms with Gasteiger partial charge in [-0.15, -0.1) is 0 Å². The Kier molecular flexibility index (Phi) is 5.09. The van der Waals surface area contributed by atoms with Gasteiger partial charge in [0.05, 0.1) is 0 Å². The molecule has 15 heavy (non-hydrogen) atoms. The van der Waals surface area contributed by atoms with Crippen LogP contribution in [0.3, 0.4) is 0 Å². The fourth-order valence-electron chi connectivity index (χ4n) is 2.07. The summed E-state index contributed by atoms with van der Waals surface area (Å²) in [4.78, 5) is 10.9. The van der Waals surface area contributed by atoms with Crippen molar-refractivity contribution < 1.29 is 4.79 Å². The highest BCUT2D eigenvalue weighted by Gasteiger charge is 2.40. The lowest BCUT2D eigenvalue weighted by Gasteiger charge is -2.14. The van der Waals surface area contributed by atoms with E-state index in [2.05, 4.69) is 17.6 Å². The summed E-state index contributed by atoms with van der Waals surface area (Å²) in [6, 6.07) is 0. The summed E-state index contributed by atoms with van der Waals surface area (Å²) in [7, 11) is 1.69. The molecule has 1 aliphatic rings. The molecule has 0 aromatic rings. The van der Waals surface area contributed by atoms with Crippen LogP contribution in [-0.4, -0.2) is 26.0 Å². The van der Waals surface area contributed by atoms with Crippen molar-refractivity contribution in [1.29, 1.82) is 0 Å². The van der Waals surface area contributed by atoms with Crippen LogP contribution in [0.5, 0.6) is 0 Å². The molecule has 0 atom stereocenters. The summed E-state index contributed by atoms with van der Waals surface area (Å²) in [5, 5.41) is 6.11. The molecule has 0 saturated heterocycles. The smallest absolute Gasteiger partial charge is 0.219 e. The normalized spacial score (nSPS) is 17.5. The van der Waals surface area contributed by atoms with Gasteiger partial charge in [-0.1, -0.05) is 13.3 Å². The average molecular weight is 212 g/mol. The predicted molar refractivity (Wildman–Crippen MR) is 62.7 cm³/mol. The van der Waals surface area contributed by atoms with Crippen LogP contribution in [0, 0.1) is 5.41 Å². The first-order valence-corrected chi connectivity index (χ1v) is 6.14. The van der Waals surface area contributed by atoms with E-state index in [1.54, 1.807) is 7.05 Å². The van der Waals surface area contributed by atoms with Gasteiger partial charge in [0.2, 0.25) is 5.91 Å². The minimum absolute atomic E-state index is 0.145. The van der Waals surface area contributed by atoms with Crippen LogP contribution in [0.25, 0.3) is 0 Å². The van der Waals surface area contributed by atoms with Crippen molar-refractivity contribution in [2.45, 2.75) is 45.4 Å². The Bertz CT molecular complexity index is 200. The molecule has 0 aromatic carbocycles. The quantitative estimate of drug-likeness (QED) is 0.601. The standard InChI is InChI=1S/C12H24N2O/c1-3-6-12(7-8-12)10-14-9-4-5-11(15)13-2/h14H,3-10H2,1-2H3,(H,13,15). The minimum atomic E-state index is 0.145. The van der Waals surface area contributed by atoms with Crippen LogP contribution in [0.2, 0.25) is 0 Å². The molecule has 0 unspecified atom stereocenters. The van der Waals surface area contributed by atoms with Crippen molar-refractivity contribution >= 4 is 5.91 Å². The lowest BCUT2D eigenvalue weighted by molar-refractivity contribution is -0.120. The Morgan fingerprint density at radius 2 is 2.13 bits per heavy atom. The molecule has 0 heterocycles. The van der Waals surface area contributed by atoms with Gasteiger partial charge in [-0.2, -0.15) is 0 Å². The summed E-state index contributed by atoms with van der Waals surface area (Å²) in [6.07, 6.45) is 7.02. The Morgan fingerprint density at radius 3 is 2.67 bits per heavy atom. The highest BCUT2D eigenvalue weighted by molar-refractivity contribution is 5.75. The number of carbonyl (C=O) groups is 1. The second kappa shape index (κ2) is 6.11. The molecular weight excluding hydrogens is 188 g/mol. The summed E-state index contributed by atoms with van der Waals surface area (Å²) >= 11 is 0. The summed E-state index contributed by atoms with van der Waals surface area (Å²) < 4.78 is 0. The lowest BCUT2D eigenvalue weighted by atomic mass is 10.0. The first kappa shape index (κ1) is 12.5. The molecule has 3 nitrogen and oxygen atoms in total. The van der Waals surface area contributed by atoms with Crippen molar-refractivity contribution in [3.63, 3.8) is 0 Å². The van der Waals surface area contributed by atoms with Gasteiger partial charge in [-0.25, -0.2) is 0 Å². The summed E-state index contributed by atoms with van der Waals surface area (Å²) in [6.45, 7) is 4.37. The van der Waals surface area contributed by atoms with E-state index in [0.717, 1.165) is 19.5 Å². The fourth-order valence-corrected chi connectivity index (χ4v) is 2.07. The van der Waals surface area contributed by atoms with Crippen molar-refractivity contribution in [2.24, 2.45) is 5.41 Å². The van der Waals surface area contributed by atoms with Crippen LogP contribution in [0.1, 0.15) is 45.4 Å². The van der Waals surface area contributed by atoms with Crippen LogP contribution >= 0.6 is 0 Å². The molecule has 0 radical (unpaired) electrons. The SMILES string of the molecule is CCCC1(CNCCCC(=O)NC)CC1. The van der Waals surface area contributed by atoms with Crippen molar-refractivity contribution in [2.75, 3.05) is 20.1 Å². The predicted octanol–water partition coefficient (Wildman–Crippen LogP) is 1.68. The molecule has 1 amide bonds. The third-order valence-corrected chi connectivity index (χ3v) is 3.27. The van der Waals surface area contributed by atoms with Crippen molar-refractivity contribution in [3.8, 4) is 0 Å². The second-order valence-corrected chi connectivity index (χ2v) is 4.70. The fraction of sp³-hybridized carbons (Fsp3) is 0.917. The first-order valence-electron chi connectivity index (χ1n) is 6.14. The van der Waals surface area contributed by atoms with Gasteiger partial charge in [-0.3, -0.25) is 4.79 Å². The minimum Gasteiger partial charge on any atom is -0.359 e. The number of carbonyl (C=O) groups excluding carboxylic acids is 1. The zero-order valence-corrected chi connectivity index (χ0v) is 10.1. The monoisotopic (exact) mass is 212 g/mol. The second-order valence-electron chi connectivity index (χ2n) is 4.70. The Morgan fingerprint density at radius 1 is 1.40 bits per heavy atom. The maximum atomic E-state index is 10.9. The Hall–Kier alpha value is -0.570. The highest BCUT2D eigenvalue weighted by Crippen LogP contribution is 2.48. The van der Waals surface area contributed by atoms with Crippen molar-refractivity contribution in [3.05, 3.63) is 0 Å². The third kappa shape index (κ3) is 4.65. The Labute approximate surface area is 93.0 Å². The van der Waals surface area contributed by atoms with E-state index in [4.69, 9.17) is 0 Å². The zero-order valence-electron chi connectivity index (χ0n) is 10.1. The molecule has 0 aliphatic heterocycles. The van der Waals surface area contributed by atoms with Gasteiger partial charge in [0.1, 0.15) is 0 Å². The van der Waals surface area contributed by atoms with Crippen LogP contribution in [0.4, 0.5) is 0 Å². The number of nitrogens with one attached hydrogen (secondary N) is 2. The number of amides is 1. The van der Waals surface area contributed by atoms with E-state index in [9.17, 15) is 4.79 Å². The number of hydrogen-bond donors (Lipinski definition) is 2. The maximum absolute atomic E-state index is 10.9. The van der Waals surface area contributed by atoms with Gasteiger partial charge < -0.3 is 10.6 Å². The molecule has 0 bridgehead atoms. The largest absolute Gasteiger partial charge is 0.359 e. The van der Waals surface area contributed by atoms with E-state index in [1.165, 1.54) is 25.7 Å². The first-order chi connectivity index (χ1) is 7.22. The molecule has 0 spiro atoms. The van der Waals surface area contributed by atoms with Gasteiger partial charge >= 0.3 is 0 Å². The average Bonchev–Trinajstić information content (AvgIpc) is 2.98. The molecule has 1 rings (SSSR count). The molecule has 0 aromatic heterocycles. The maximum Gasteiger partial charge on any atom is 0.219 e. The van der Waals surface area contributed by atoms with Crippen molar-refractivity contribution in [1.82, 2.24) is 10.6 Å². The van der Waals surface area contributed by atoms with Crippen LogP contribution in [-0.2, 0) is 4.79 Å². The van der Waals surface area contributed by atoms with E-state index in [-0.39, 0.29) is 5.91 Å². The molecule has 2 N–H and O–H groups in total.